The van der Waals surface area contributed by atoms with Crippen LogP contribution in [0.2, 0.25) is 0 Å². The first-order chi connectivity index (χ1) is 9.24. The Morgan fingerprint density at radius 1 is 0.895 bits per heavy atom. The second-order valence-corrected chi connectivity index (χ2v) is 6.08. The lowest BCUT2D eigenvalue weighted by Gasteiger charge is -2.17. The molecule has 2 aromatic carbocycles. The molecule has 0 N–H and O–H groups in total. The molecule has 0 radical (unpaired) electrons. The highest BCUT2D eigenvalue weighted by atomic mass is 32.2. The van der Waals surface area contributed by atoms with Gasteiger partial charge in [-0.05, 0) is 49.4 Å². The van der Waals surface area contributed by atoms with Crippen molar-refractivity contribution in [1.29, 1.82) is 0 Å². The molecule has 0 atom stereocenters. The summed E-state index contributed by atoms with van der Waals surface area (Å²) in [5.41, 5.74) is 2.82. The molecule has 0 saturated carbocycles. The molecule has 19 heavy (non-hydrogen) atoms. The molecule has 0 aliphatic heterocycles. The Morgan fingerprint density at radius 2 is 1.53 bits per heavy atom. The first kappa shape index (κ1) is 14.2. The Labute approximate surface area is 121 Å². The fourth-order valence-corrected chi connectivity index (χ4v) is 3.40. The summed E-state index contributed by atoms with van der Waals surface area (Å²) >= 11 is 1.88. The van der Waals surface area contributed by atoms with E-state index < -0.39 is 0 Å². The van der Waals surface area contributed by atoms with Crippen molar-refractivity contribution in [1.82, 2.24) is 0 Å². The zero-order chi connectivity index (χ0) is 13.7. The van der Waals surface area contributed by atoms with E-state index in [1.54, 1.807) is 0 Å². The van der Waals surface area contributed by atoms with E-state index in [0.717, 1.165) is 0 Å². The molecule has 0 bridgehead atoms. The van der Waals surface area contributed by atoms with Crippen molar-refractivity contribution < 1.29 is 0 Å². The molecule has 0 spiro atoms. The van der Waals surface area contributed by atoms with Gasteiger partial charge in [0, 0.05) is 9.79 Å². The number of hydrogen-bond donors (Lipinski definition) is 0. The topological polar surface area (TPSA) is 0 Å². The molecule has 100 valence electrons. The van der Waals surface area contributed by atoms with Crippen molar-refractivity contribution in [2.24, 2.45) is 0 Å². The van der Waals surface area contributed by atoms with Crippen molar-refractivity contribution in [3.63, 3.8) is 0 Å². The Bertz CT molecular complexity index is 509. The third-order valence-electron chi connectivity index (χ3n) is 3.59. The van der Waals surface area contributed by atoms with E-state index in [1.165, 1.54) is 33.8 Å². The molecule has 0 fully saturated rings. The summed E-state index contributed by atoms with van der Waals surface area (Å²) in [4.78, 5) is 2.73. The summed E-state index contributed by atoms with van der Waals surface area (Å²) in [5, 5.41) is 0. The molecular formula is C18H22S. The highest BCUT2D eigenvalue weighted by molar-refractivity contribution is 7.99. The molecular weight excluding hydrogens is 248 g/mol. The molecule has 1 heteroatoms. The Morgan fingerprint density at radius 3 is 2.16 bits per heavy atom. The second-order valence-electron chi connectivity index (χ2n) is 4.97. The highest BCUT2D eigenvalue weighted by Gasteiger charge is 2.12. The smallest absolute Gasteiger partial charge is 0.0157 e. The number of aryl methyl sites for hydroxylation is 1. The molecule has 0 aliphatic rings. The average Bonchev–Trinajstić information content (AvgIpc) is 2.44. The molecule has 0 saturated heterocycles. The number of rotatable bonds is 5. The van der Waals surface area contributed by atoms with Gasteiger partial charge in [-0.15, -0.1) is 0 Å². The van der Waals surface area contributed by atoms with E-state index in [9.17, 15) is 0 Å². The van der Waals surface area contributed by atoms with Gasteiger partial charge < -0.3 is 0 Å². The van der Waals surface area contributed by atoms with Crippen LogP contribution in [0.3, 0.4) is 0 Å². The van der Waals surface area contributed by atoms with Crippen LogP contribution in [0.15, 0.2) is 58.3 Å². The van der Waals surface area contributed by atoms with E-state index in [-0.39, 0.29) is 0 Å². The van der Waals surface area contributed by atoms with Crippen molar-refractivity contribution in [2.45, 2.75) is 49.3 Å². The predicted octanol–water partition coefficient (Wildman–Crippen LogP) is 6.05. The SMILES string of the molecule is CCC(CC)c1ccccc1Sc1ccc(C)cc1. The lowest BCUT2D eigenvalue weighted by molar-refractivity contribution is 0.631. The summed E-state index contributed by atoms with van der Waals surface area (Å²) in [5.74, 6) is 0.675. The van der Waals surface area contributed by atoms with Crippen LogP contribution in [-0.2, 0) is 0 Å². The van der Waals surface area contributed by atoms with Gasteiger partial charge in [-0.2, -0.15) is 0 Å². The van der Waals surface area contributed by atoms with Gasteiger partial charge in [0.2, 0.25) is 0 Å². The second kappa shape index (κ2) is 6.81. The van der Waals surface area contributed by atoms with E-state index in [1.807, 2.05) is 11.8 Å². The van der Waals surface area contributed by atoms with Gasteiger partial charge in [0.15, 0.2) is 0 Å². The van der Waals surface area contributed by atoms with Crippen LogP contribution in [-0.4, -0.2) is 0 Å². The molecule has 0 amide bonds. The first-order valence-electron chi connectivity index (χ1n) is 7.08. The fourth-order valence-electron chi connectivity index (χ4n) is 2.37. The van der Waals surface area contributed by atoms with E-state index >= 15 is 0 Å². The molecule has 2 rings (SSSR count). The lowest BCUT2D eigenvalue weighted by atomic mass is 9.94. The summed E-state index contributed by atoms with van der Waals surface area (Å²) < 4.78 is 0. The zero-order valence-corrected chi connectivity index (χ0v) is 12.8. The molecule has 2 aromatic rings. The van der Waals surface area contributed by atoms with Crippen LogP contribution >= 0.6 is 11.8 Å². The first-order valence-corrected chi connectivity index (χ1v) is 7.89. The van der Waals surface area contributed by atoms with Gasteiger partial charge in [-0.1, -0.05) is 61.5 Å². The van der Waals surface area contributed by atoms with Gasteiger partial charge in [-0.3, -0.25) is 0 Å². The summed E-state index contributed by atoms with van der Waals surface area (Å²) in [6, 6.07) is 17.6. The monoisotopic (exact) mass is 270 g/mol. The van der Waals surface area contributed by atoms with Gasteiger partial charge in [0.25, 0.3) is 0 Å². The van der Waals surface area contributed by atoms with E-state index in [4.69, 9.17) is 0 Å². The molecule has 0 unspecified atom stereocenters. The lowest BCUT2D eigenvalue weighted by Crippen LogP contribution is -1.97. The number of benzene rings is 2. The van der Waals surface area contributed by atoms with Crippen molar-refractivity contribution in [3.05, 3.63) is 59.7 Å². The normalized spacial score (nSPS) is 10.9. The van der Waals surface area contributed by atoms with Crippen molar-refractivity contribution >= 4 is 11.8 Å². The average molecular weight is 270 g/mol. The minimum Gasteiger partial charge on any atom is -0.0898 e. The van der Waals surface area contributed by atoms with Gasteiger partial charge in [0.05, 0.1) is 0 Å². The Hall–Kier alpha value is -1.21. The maximum absolute atomic E-state index is 2.29. The van der Waals surface area contributed by atoms with Gasteiger partial charge >= 0.3 is 0 Å². The third-order valence-corrected chi connectivity index (χ3v) is 4.69. The molecule has 0 aliphatic carbocycles. The largest absolute Gasteiger partial charge is 0.0898 e. The molecule has 0 aromatic heterocycles. The van der Waals surface area contributed by atoms with Gasteiger partial charge in [-0.25, -0.2) is 0 Å². The predicted molar refractivity (Wildman–Crippen MR) is 85.1 cm³/mol. The Balaban J connectivity index is 2.27. The zero-order valence-electron chi connectivity index (χ0n) is 12.0. The Kier molecular flexibility index (Phi) is 5.09. The minimum atomic E-state index is 0.675. The quantitative estimate of drug-likeness (QED) is 0.637. The summed E-state index contributed by atoms with van der Waals surface area (Å²) in [6.07, 6.45) is 2.42. The summed E-state index contributed by atoms with van der Waals surface area (Å²) in [7, 11) is 0. The highest BCUT2D eigenvalue weighted by Crippen LogP contribution is 2.36. The van der Waals surface area contributed by atoms with Crippen molar-refractivity contribution in [2.75, 3.05) is 0 Å². The summed E-state index contributed by atoms with van der Waals surface area (Å²) in [6.45, 7) is 6.69. The fraction of sp³-hybridized carbons (Fsp3) is 0.333. The molecule has 0 heterocycles. The maximum Gasteiger partial charge on any atom is 0.0157 e. The van der Waals surface area contributed by atoms with E-state index in [0.29, 0.717) is 5.92 Å². The van der Waals surface area contributed by atoms with Crippen LogP contribution < -0.4 is 0 Å². The molecule has 0 nitrogen and oxygen atoms in total. The van der Waals surface area contributed by atoms with Crippen LogP contribution in [0.4, 0.5) is 0 Å². The standard InChI is InChI=1S/C18H22S/c1-4-15(5-2)17-8-6-7-9-18(17)19-16-12-10-14(3)11-13-16/h6-13,15H,4-5H2,1-3H3. The van der Waals surface area contributed by atoms with Crippen molar-refractivity contribution in [3.8, 4) is 0 Å². The van der Waals surface area contributed by atoms with Crippen LogP contribution in [0.25, 0.3) is 0 Å². The number of hydrogen-bond acceptors (Lipinski definition) is 1. The minimum absolute atomic E-state index is 0.675. The van der Waals surface area contributed by atoms with Gasteiger partial charge in [0.1, 0.15) is 0 Å². The van der Waals surface area contributed by atoms with Crippen LogP contribution in [0, 0.1) is 6.92 Å². The van der Waals surface area contributed by atoms with Crippen LogP contribution in [0.1, 0.15) is 43.7 Å². The van der Waals surface area contributed by atoms with Crippen LogP contribution in [0.5, 0.6) is 0 Å². The third kappa shape index (κ3) is 3.63. The van der Waals surface area contributed by atoms with E-state index in [2.05, 4.69) is 69.3 Å². The maximum atomic E-state index is 2.29.